The molecule has 2 aromatic carbocycles. The molecule has 1 aromatic heterocycles. The van der Waals surface area contributed by atoms with E-state index in [0.29, 0.717) is 11.3 Å². The zero-order valence-corrected chi connectivity index (χ0v) is 10.9. The van der Waals surface area contributed by atoms with Crippen LogP contribution in [0.3, 0.4) is 0 Å². The van der Waals surface area contributed by atoms with Crippen LogP contribution >= 0.6 is 0 Å². The molecule has 0 aliphatic heterocycles. The van der Waals surface area contributed by atoms with Crippen molar-refractivity contribution < 1.29 is 14.3 Å². The molecule has 0 radical (unpaired) electrons. The second-order valence-electron chi connectivity index (χ2n) is 4.35. The fourth-order valence-corrected chi connectivity index (χ4v) is 2.04. The van der Waals surface area contributed by atoms with E-state index in [0.717, 1.165) is 16.7 Å². The van der Waals surface area contributed by atoms with Gasteiger partial charge in [0.1, 0.15) is 11.5 Å². The Balaban J connectivity index is 1.88. The highest BCUT2D eigenvalue weighted by atomic mass is 16.5. The predicted octanol–water partition coefficient (Wildman–Crippen LogP) is 3.75. The molecular weight excluding hydrogens is 254 g/mol. The second kappa shape index (κ2) is 5.09. The summed E-state index contributed by atoms with van der Waals surface area (Å²) in [6.45, 7) is 0. The molecule has 4 nitrogen and oxygen atoms in total. The zero-order valence-electron chi connectivity index (χ0n) is 10.9. The molecule has 0 fully saturated rings. The number of esters is 1. The highest BCUT2D eigenvalue weighted by Gasteiger charge is 2.07. The molecule has 4 heteroatoms. The van der Waals surface area contributed by atoms with Crippen molar-refractivity contribution in [3.63, 3.8) is 0 Å². The van der Waals surface area contributed by atoms with Gasteiger partial charge in [0, 0.05) is 17.1 Å². The Morgan fingerprint density at radius 3 is 2.75 bits per heavy atom. The van der Waals surface area contributed by atoms with Gasteiger partial charge < -0.3 is 14.5 Å². The summed E-state index contributed by atoms with van der Waals surface area (Å²) in [6.07, 6.45) is 1.88. The van der Waals surface area contributed by atoms with Crippen molar-refractivity contribution in [3.05, 3.63) is 60.3 Å². The zero-order chi connectivity index (χ0) is 13.9. The Bertz CT molecular complexity index is 761. The molecule has 0 bridgehead atoms. The second-order valence-corrected chi connectivity index (χ2v) is 4.35. The first-order chi connectivity index (χ1) is 9.76. The molecule has 0 saturated carbocycles. The summed E-state index contributed by atoms with van der Waals surface area (Å²) >= 11 is 0. The number of rotatable bonds is 3. The van der Waals surface area contributed by atoms with E-state index in [-0.39, 0.29) is 5.97 Å². The Morgan fingerprint density at radius 2 is 1.90 bits per heavy atom. The predicted molar refractivity (Wildman–Crippen MR) is 76.2 cm³/mol. The van der Waals surface area contributed by atoms with Gasteiger partial charge in [-0.05, 0) is 42.5 Å². The first kappa shape index (κ1) is 12.3. The minimum Gasteiger partial charge on any atom is -0.465 e. The standard InChI is InChI=1S/C16H13NO3/c1-19-16(18)12-3-2-4-13(10-12)20-14-5-6-15-11(9-14)7-8-17-15/h2-10,17H,1H3. The van der Waals surface area contributed by atoms with Crippen LogP contribution in [0, 0.1) is 0 Å². The van der Waals surface area contributed by atoms with E-state index in [2.05, 4.69) is 4.98 Å². The smallest absolute Gasteiger partial charge is 0.337 e. The summed E-state index contributed by atoms with van der Waals surface area (Å²) in [5, 5.41) is 1.08. The molecule has 1 N–H and O–H groups in total. The average molecular weight is 267 g/mol. The van der Waals surface area contributed by atoms with E-state index in [4.69, 9.17) is 9.47 Å². The van der Waals surface area contributed by atoms with E-state index in [1.165, 1.54) is 7.11 Å². The lowest BCUT2D eigenvalue weighted by Crippen LogP contribution is -2.00. The highest BCUT2D eigenvalue weighted by Crippen LogP contribution is 2.25. The molecule has 0 saturated heterocycles. The van der Waals surface area contributed by atoms with Gasteiger partial charge in [-0.1, -0.05) is 6.07 Å². The summed E-state index contributed by atoms with van der Waals surface area (Å²) in [4.78, 5) is 14.6. The van der Waals surface area contributed by atoms with Crippen molar-refractivity contribution in [1.82, 2.24) is 4.98 Å². The molecule has 3 rings (SSSR count). The molecule has 1 heterocycles. The van der Waals surface area contributed by atoms with Gasteiger partial charge in [0.25, 0.3) is 0 Å². The third kappa shape index (κ3) is 2.36. The normalized spacial score (nSPS) is 10.4. The van der Waals surface area contributed by atoms with Crippen LogP contribution in [0.1, 0.15) is 10.4 Å². The van der Waals surface area contributed by atoms with Gasteiger partial charge in [-0.15, -0.1) is 0 Å². The number of benzene rings is 2. The maximum absolute atomic E-state index is 11.5. The molecular formula is C16H13NO3. The van der Waals surface area contributed by atoms with Crippen molar-refractivity contribution in [1.29, 1.82) is 0 Å². The van der Waals surface area contributed by atoms with Crippen LogP contribution in [0.25, 0.3) is 10.9 Å². The summed E-state index contributed by atoms with van der Waals surface area (Å²) in [5.41, 5.74) is 1.52. The van der Waals surface area contributed by atoms with Crippen LogP contribution in [0.4, 0.5) is 0 Å². The van der Waals surface area contributed by atoms with Crippen LogP contribution in [-0.4, -0.2) is 18.1 Å². The third-order valence-corrected chi connectivity index (χ3v) is 3.02. The number of methoxy groups -OCH3 is 1. The van der Waals surface area contributed by atoms with Crippen molar-refractivity contribution in [3.8, 4) is 11.5 Å². The average Bonchev–Trinajstić information content (AvgIpc) is 2.94. The monoisotopic (exact) mass is 267 g/mol. The largest absolute Gasteiger partial charge is 0.465 e. The lowest BCUT2D eigenvalue weighted by Gasteiger charge is -2.07. The molecule has 0 aliphatic carbocycles. The number of hydrogen-bond acceptors (Lipinski definition) is 3. The summed E-state index contributed by atoms with van der Waals surface area (Å²) in [6, 6.07) is 14.7. The fraction of sp³-hybridized carbons (Fsp3) is 0.0625. The first-order valence-corrected chi connectivity index (χ1v) is 6.19. The Kier molecular flexibility index (Phi) is 3.13. The van der Waals surface area contributed by atoms with Crippen molar-refractivity contribution in [2.24, 2.45) is 0 Å². The summed E-state index contributed by atoms with van der Waals surface area (Å²) in [5.74, 6) is 0.943. The first-order valence-electron chi connectivity index (χ1n) is 6.19. The van der Waals surface area contributed by atoms with Crippen LogP contribution in [-0.2, 0) is 4.74 Å². The van der Waals surface area contributed by atoms with Gasteiger partial charge in [-0.2, -0.15) is 0 Å². The Labute approximate surface area is 115 Å². The fourth-order valence-electron chi connectivity index (χ4n) is 2.04. The molecule has 0 spiro atoms. The number of ether oxygens (including phenoxy) is 2. The maximum Gasteiger partial charge on any atom is 0.337 e. The number of H-pyrrole nitrogens is 1. The summed E-state index contributed by atoms with van der Waals surface area (Å²) in [7, 11) is 1.36. The van der Waals surface area contributed by atoms with Gasteiger partial charge in [0.05, 0.1) is 12.7 Å². The SMILES string of the molecule is COC(=O)c1cccc(Oc2ccc3[nH]ccc3c2)c1. The highest BCUT2D eigenvalue weighted by molar-refractivity contribution is 5.89. The summed E-state index contributed by atoms with van der Waals surface area (Å²) < 4.78 is 10.5. The lowest BCUT2D eigenvalue weighted by molar-refractivity contribution is 0.0600. The van der Waals surface area contributed by atoms with E-state index in [1.807, 2.05) is 30.5 Å². The topological polar surface area (TPSA) is 51.3 Å². The molecule has 20 heavy (non-hydrogen) atoms. The number of hydrogen-bond donors (Lipinski definition) is 1. The third-order valence-electron chi connectivity index (χ3n) is 3.02. The van der Waals surface area contributed by atoms with Crippen molar-refractivity contribution >= 4 is 16.9 Å². The molecule has 0 aliphatic rings. The number of aromatic amines is 1. The van der Waals surface area contributed by atoms with Crippen LogP contribution < -0.4 is 4.74 Å². The van der Waals surface area contributed by atoms with Crippen molar-refractivity contribution in [2.45, 2.75) is 0 Å². The quantitative estimate of drug-likeness (QED) is 0.735. The minimum absolute atomic E-state index is 0.378. The van der Waals surface area contributed by atoms with Crippen LogP contribution in [0.2, 0.25) is 0 Å². The van der Waals surface area contributed by atoms with Gasteiger partial charge in [0.15, 0.2) is 0 Å². The number of carbonyl (C=O) groups is 1. The number of fused-ring (bicyclic) bond motifs is 1. The Morgan fingerprint density at radius 1 is 1.05 bits per heavy atom. The van der Waals surface area contributed by atoms with E-state index in [9.17, 15) is 4.79 Å². The van der Waals surface area contributed by atoms with Gasteiger partial charge in [-0.3, -0.25) is 0 Å². The van der Waals surface area contributed by atoms with Gasteiger partial charge in [0.2, 0.25) is 0 Å². The van der Waals surface area contributed by atoms with E-state index < -0.39 is 0 Å². The molecule has 3 aromatic rings. The molecule has 0 amide bonds. The minimum atomic E-state index is -0.378. The van der Waals surface area contributed by atoms with E-state index >= 15 is 0 Å². The lowest BCUT2D eigenvalue weighted by atomic mass is 10.2. The number of aromatic nitrogens is 1. The Hall–Kier alpha value is -2.75. The number of nitrogens with one attached hydrogen (secondary N) is 1. The van der Waals surface area contributed by atoms with Gasteiger partial charge in [-0.25, -0.2) is 4.79 Å². The van der Waals surface area contributed by atoms with E-state index in [1.54, 1.807) is 24.3 Å². The molecule has 0 unspecified atom stereocenters. The van der Waals surface area contributed by atoms with Crippen molar-refractivity contribution in [2.75, 3.05) is 7.11 Å². The maximum atomic E-state index is 11.5. The van der Waals surface area contributed by atoms with Crippen LogP contribution in [0.5, 0.6) is 11.5 Å². The number of carbonyl (C=O) groups excluding carboxylic acids is 1. The van der Waals surface area contributed by atoms with Crippen LogP contribution in [0.15, 0.2) is 54.7 Å². The molecule has 0 atom stereocenters. The molecule has 100 valence electrons. The van der Waals surface area contributed by atoms with Gasteiger partial charge >= 0.3 is 5.97 Å².